The number of morpholine rings is 1. The van der Waals surface area contributed by atoms with Gasteiger partial charge in [0.2, 0.25) is 15.9 Å². The molecule has 1 saturated heterocycles. The third kappa shape index (κ3) is 3.60. The van der Waals surface area contributed by atoms with Crippen LogP contribution in [0.3, 0.4) is 0 Å². The topological polar surface area (TPSA) is 93.5 Å². The van der Waals surface area contributed by atoms with Gasteiger partial charge in [-0.25, -0.2) is 18.1 Å². The van der Waals surface area contributed by atoms with Crippen molar-refractivity contribution in [3.05, 3.63) is 18.2 Å². The molecule has 0 spiro atoms. The maximum absolute atomic E-state index is 12.0. The van der Waals surface area contributed by atoms with E-state index in [1.165, 1.54) is 0 Å². The molecular formula is C12H20N4O4S. The average Bonchev–Trinajstić information content (AvgIpc) is 2.81. The lowest BCUT2D eigenvalue weighted by molar-refractivity contribution is -0.157. The van der Waals surface area contributed by atoms with Gasteiger partial charge in [0.25, 0.3) is 0 Å². The van der Waals surface area contributed by atoms with Crippen LogP contribution in [0.15, 0.2) is 12.4 Å². The molecule has 2 heterocycles. The number of amides is 1. The summed E-state index contributed by atoms with van der Waals surface area (Å²) >= 11 is 0. The van der Waals surface area contributed by atoms with Gasteiger partial charge in [-0.05, 0) is 6.92 Å². The van der Waals surface area contributed by atoms with Gasteiger partial charge >= 0.3 is 0 Å². The van der Waals surface area contributed by atoms with Crippen LogP contribution in [-0.2, 0) is 26.6 Å². The van der Waals surface area contributed by atoms with Gasteiger partial charge in [-0.3, -0.25) is 4.79 Å². The van der Waals surface area contributed by atoms with Crippen LogP contribution in [0, 0.1) is 0 Å². The summed E-state index contributed by atoms with van der Waals surface area (Å²) < 4.78 is 32.3. The first kappa shape index (κ1) is 15.9. The zero-order chi connectivity index (χ0) is 15.6. The highest BCUT2D eigenvalue weighted by atomic mass is 32.2. The van der Waals surface area contributed by atoms with Crippen molar-refractivity contribution in [3.8, 4) is 0 Å². The summed E-state index contributed by atoms with van der Waals surface area (Å²) in [6.45, 7) is 2.43. The number of carbonyl (C=O) groups excluding carboxylic acids is 1. The van der Waals surface area contributed by atoms with E-state index in [1.807, 2.05) is 18.5 Å². The molecule has 0 radical (unpaired) electrons. The Morgan fingerprint density at radius 2 is 2.24 bits per heavy atom. The molecule has 0 bridgehead atoms. The number of nitrogens with zero attached hydrogens (tertiary/aromatic N) is 3. The summed E-state index contributed by atoms with van der Waals surface area (Å²) in [7, 11) is -1.49. The van der Waals surface area contributed by atoms with Gasteiger partial charge < -0.3 is 14.2 Å². The number of imidazole rings is 1. The van der Waals surface area contributed by atoms with Gasteiger partial charge in [0.1, 0.15) is 18.5 Å². The fourth-order valence-electron chi connectivity index (χ4n) is 2.45. The van der Waals surface area contributed by atoms with E-state index in [9.17, 15) is 13.2 Å². The number of hydrogen-bond donors (Lipinski definition) is 1. The quantitative estimate of drug-likeness (QED) is 0.772. The van der Waals surface area contributed by atoms with Gasteiger partial charge in [-0.2, -0.15) is 0 Å². The van der Waals surface area contributed by atoms with Crippen molar-refractivity contribution in [2.24, 2.45) is 7.05 Å². The fourth-order valence-corrected chi connectivity index (χ4v) is 2.92. The van der Waals surface area contributed by atoms with Gasteiger partial charge in [0, 0.05) is 32.5 Å². The van der Waals surface area contributed by atoms with E-state index >= 15 is 0 Å². The molecule has 8 nitrogen and oxygen atoms in total. The Kier molecular flexibility index (Phi) is 4.64. The highest BCUT2D eigenvalue weighted by Gasteiger charge is 2.39. The second kappa shape index (κ2) is 6.12. The van der Waals surface area contributed by atoms with Crippen molar-refractivity contribution >= 4 is 15.9 Å². The number of aryl methyl sites for hydroxylation is 1. The summed E-state index contributed by atoms with van der Waals surface area (Å²) in [6.07, 6.45) is 4.04. The number of carbonyl (C=O) groups is 1. The zero-order valence-electron chi connectivity index (χ0n) is 12.3. The Labute approximate surface area is 124 Å². The molecule has 9 heteroatoms. The molecule has 1 aliphatic rings. The first-order valence-corrected chi connectivity index (χ1v) is 8.55. The van der Waals surface area contributed by atoms with Crippen LogP contribution in [0.2, 0.25) is 0 Å². The number of likely N-dealkylation sites (N-methyl/N-ethyl adjacent to an activating group) is 1. The molecule has 1 aliphatic heterocycles. The lowest BCUT2D eigenvalue weighted by atomic mass is 10.1. The predicted molar refractivity (Wildman–Crippen MR) is 75.9 cm³/mol. The van der Waals surface area contributed by atoms with Gasteiger partial charge in [-0.15, -0.1) is 0 Å². The Balaban J connectivity index is 2.29. The van der Waals surface area contributed by atoms with E-state index in [-0.39, 0.29) is 19.1 Å². The standard InChI is InChI=1S/C12H20N4O4S/c1-4-16-10(17)8-20-9(7-14-21(3,18)19)11(16)12-13-5-6-15(12)2/h5-6,9,11,14H,4,7-8H2,1-3H3/t9-,11+/m0/s1. The lowest BCUT2D eigenvalue weighted by Crippen LogP contribution is -2.53. The molecule has 0 saturated carbocycles. The smallest absolute Gasteiger partial charge is 0.249 e. The predicted octanol–water partition coefficient (Wildman–Crippen LogP) is -0.742. The van der Waals surface area contributed by atoms with E-state index in [4.69, 9.17) is 4.74 Å². The van der Waals surface area contributed by atoms with Crippen LogP contribution >= 0.6 is 0 Å². The maximum Gasteiger partial charge on any atom is 0.249 e. The van der Waals surface area contributed by atoms with Crippen LogP contribution in [-0.4, -0.2) is 60.8 Å². The van der Waals surface area contributed by atoms with Crippen LogP contribution in [0.5, 0.6) is 0 Å². The van der Waals surface area contributed by atoms with E-state index in [0.29, 0.717) is 12.4 Å². The van der Waals surface area contributed by atoms with Gasteiger partial charge in [0.05, 0.1) is 12.4 Å². The van der Waals surface area contributed by atoms with Crippen LogP contribution in [0.25, 0.3) is 0 Å². The molecule has 1 N–H and O–H groups in total. The molecule has 2 atom stereocenters. The van der Waals surface area contributed by atoms with E-state index in [2.05, 4.69) is 9.71 Å². The van der Waals surface area contributed by atoms with Crippen molar-refractivity contribution in [2.75, 3.05) is 26.0 Å². The van der Waals surface area contributed by atoms with Crippen LogP contribution in [0.4, 0.5) is 0 Å². The maximum atomic E-state index is 12.0. The number of ether oxygens (including phenoxy) is 1. The molecule has 21 heavy (non-hydrogen) atoms. The minimum atomic E-state index is -3.32. The van der Waals surface area contributed by atoms with E-state index in [1.54, 1.807) is 17.3 Å². The molecule has 118 valence electrons. The number of aromatic nitrogens is 2. The summed E-state index contributed by atoms with van der Waals surface area (Å²) in [4.78, 5) is 18.0. The van der Waals surface area contributed by atoms with Gasteiger partial charge in [0.15, 0.2) is 0 Å². The monoisotopic (exact) mass is 316 g/mol. The largest absolute Gasteiger partial charge is 0.364 e. The average molecular weight is 316 g/mol. The minimum absolute atomic E-state index is 0.0507. The molecule has 1 aromatic rings. The molecule has 0 aliphatic carbocycles. The third-order valence-corrected chi connectivity index (χ3v) is 4.13. The second-order valence-electron chi connectivity index (χ2n) is 4.99. The van der Waals surface area contributed by atoms with Crippen molar-refractivity contribution in [1.29, 1.82) is 0 Å². The number of hydrogen-bond acceptors (Lipinski definition) is 5. The van der Waals surface area contributed by atoms with Crippen molar-refractivity contribution in [1.82, 2.24) is 19.2 Å². The summed E-state index contributed by atoms with van der Waals surface area (Å²) in [5.41, 5.74) is 0. The van der Waals surface area contributed by atoms with Crippen LogP contribution < -0.4 is 4.72 Å². The summed E-state index contributed by atoms with van der Waals surface area (Å²) in [6, 6.07) is -0.412. The molecule has 1 aromatic heterocycles. The highest BCUT2D eigenvalue weighted by molar-refractivity contribution is 7.88. The Hall–Kier alpha value is -1.45. The Morgan fingerprint density at radius 3 is 2.76 bits per heavy atom. The third-order valence-electron chi connectivity index (χ3n) is 3.44. The SMILES string of the molecule is CCN1C(=O)CO[C@@H](CNS(C)(=O)=O)[C@@H]1c1nccn1C. The van der Waals surface area contributed by atoms with E-state index < -0.39 is 22.2 Å². The van der Waals surface area contributed by atoms with Crippen molar-refractivity contribution in [3.63, 3.8) is 0 Å². The van der Waals surface area contributed by atoms with E-state index in [0.717, 1.165) is 6.26 Å². The zero-order valence-corrected chi connectivity index (χ0v) is 13.1. The second-order valence-corrected chi connectivity index (χ2v) is 6.82. The fraction of sp³-hybridized carbons (Fsp3) is 0.667. The Bertz CT molecular complexity index is 613. The minimum Gasteiger partial charge on any atom is -0.364 e. The molecule has 1 fully saturated rings. The molecule has 0 unspecified atom stereocenters. The summed E-state index contributed by atoms with van der Waals surface area (Å²) in [5, 5.41) is 0. The van der Waals surface area contributed by atoms with Gasteiger partial charge in [-0.1, -0.05) is 0 Å². The normalized spacial score (nSPS) is 23.6. The number of nitrogens with one attached hydrogen (secondary N) is 1. The highest BCUT2D eigenvalue weighted by Crippen LogP contribution is 2.28. The molecule has 0 aromatic carbocycles. The lowest BCUT2D eigenvalue weighted by Gasteiger charge is -2.40. The number of sulfonamides is 1. The first-order valence-electron chi connectivity index (χ1n) is 6.66. The first-order chi connectivity index (χ1) is 9.83. The van der Waals surface area contributed by atoms with Crippen molar-refractivity contribution < 1.29 is 17.9 Å². The van der Waals surface area contributed by atoms with Crippen molar-refractivity contribution in [2.45, 2.75) is 19.1 Å². The molecule has 1 amide bonds. The van der Waals surface area contributed by atoms with Crippen LogP contribution in [0.1, 0.15) is 18.8 Å². The molecular weight excluding hydrogens is 296 g/mol. The molecule has 2 rings (SSSR count). The summed E-state index contributed by atoms with van der Waals surface area (Å²) in [5.74, 6) is 0.548. The number of rotatable bonds is 5. The Morgan fingerprint density at radius 1 is 1.52 bits per heavy atom.